The van der Waals surface area contributed by atoms with E-state index >= 15 is 0 Å². The first kappa shape index (κ1) is 17.2. The Morgan fingerprint density at radius 2 is 2.11 bits per heavy atom. The molecule has 27 heavy (non-hydrogen) atoms. The number of hydrogen-bond donors (Lipinski definition) is 2. The van der Waals surface area contributed by atoms with E-state index in [1.54, 1.807) is 7.11 Å². The van der Waals surface area contributed by atoms with E-state index < -0.39 is 0 Å². The van der Waals surface area contributed by atoms with Gasteiger partial charge in [-0.15, -0.1) is 0 Å². The topological polar surface area (TPSA) is 68.3 Å². The van der Waals surface area contributed by atoms with Crippen LogP contribution in [0.1, 0.15) is 0 Å². The molecule has 2 aromatic heterocycles. The van der Waals surface area contributed by atoms with Crippen molar-refractivity contribution in [1.29, 1.82) is 0 Å². The maximum atomic E-state index is 12.3. The quantitative estimate of drug-likeness (QED) is 0.525. The van der Waals surface area contributed by atoms with Gasteiger partial charge >= 0.3 is 0 Å². The van der Waals surface area contributed by atoms with Crippen LogP contribution < -0.4 is 10.1 Å². The molecule has 2 aromatic carbocycles. The zero-order chi connectivity index (χ0) is 18.6. The molecule has 0 spiro atoms. The van der Waals surface area contributed by atoms with Gasteiger partial charge in [-0.25, -0.2) is 0 Å². The van der Waals surface area contributed by atoms with Crippen LogP contribution >= 0.6 is 0 Å². The summed E-state index contributed by atoms with van der Waals surface area (Å²) >= 11 is 0. The maximum Gasteiger partial charge on any atom is 0.262 e. The van der Waals surface area contributed by atoms with Crippen LogP contribution in [0.5, 0.6) is 5.75 Å². The Kier molecular flexibility index (Phi) is 4.80. The van der Waals surface area contributed by atoms with Crippen LogP contribution in [0.15, 0.2) is 60.9 Å². The summed E-state index contributed by atoms with van der Waals surface area (Å²) in [6.07, 6.45) is 3.88. The number of nitrogens with zero attached hydrogens (tertiary/aromatic N) is 1. The summed E-state index contributed by atoms with van der Waals surface area (Å²) in [7, 11) is 1.69. The van der Waals surface area contributed by atoms with E-state index in [9.17, 15) is 4.79 Å². The Morgan fingerprint density at radius 3 is 3.00 bits per heavy atom. The second kappa shape index (κ2) is 7.55. The summed E-state index contributed by atoms with van der Waals surface area (Å²) < 4.78 is 13.0. The van der Waals surface area contributed by atoms with Gasteiger partial charge in [-0.05, 0) is 41.8 Å². The highest BCUT2D eigenvalue weighted by Crippen LogP contribution is 2.26. The highest BCUT2D eigenvalue weighted by Gasteiger charge is 2.09. The predicted molar refractivity (Wildman–Crippen MR) is 106 cm³/mol. The number of aromatic amines is 1. The first-order chi connectivity index (χ1) is 13.2. The van der Waals surface area contributed by atoms with E-state index in [0.717, 1.165) is 34.0 Å². The molecule has 0 saturated heterocycles. The lowest BCUT2D eigenvalue weighted by atomic mass is 10.2. The normalized spacial score (nSPS) is 11.1. The zero-order valence-corrected chi connectivity index (χ0v) is 15.1. The summed E-state index contributed by atoms with van der Waals surface area (Å²) in [5.74, 6) is 0.496. The van der Waals surface area contributed by atoms with Crippen molar-refractivity contribution in [1.82, 2.24) is 9.55 Å². The number of carbonyl (C=O) groups is 1. The monoisotopic (exact) mass is 363 g/mol. The lowest BCUT2D eigenvalue weighted by Crippen LogP contribution is -2.20. The van der Waals surface area contributed by atoms with E-state index in [1.807, 2.05) is 60.9 Å². The van der Waals surface area contributed by atoms with Gasteiger partial charge < -0.3 is 24.3 Å². The average Bonchev–Trinajstić information content (AvgIpc) is 3.31. The summed E-state index contributed by atoms with van der Waals surface area (Å²) in [6, 6.07) is 15.6. The van der Waals surface area contributed by atoms with Crippen molar-refractivity contribution in [2.75, 3.05) is 25.6 Å². The minimum atomic E-state index is -0.197. The van der Waals surface area contributed by atoms with Gasteiger partial charge in [0.25, 0.3) is 5.91 Å². The number of H-pyrrole nitrogens is 1. The van der Waals surface area contributed by atoms with E-state index in [-0.39, 0.29) is 12.5 Å². The summed E-state index contributed by atoms with van der Waals surface area (Å²) in [4.78, 5) is 15.4. The SMILES string of the molecule is COCCn1ccc2c(OCC(=O)Nc3ccc4cc[nH]c4c3)cccc21. The molecule has 0 aliphatic carbocycles. The molecule has 6 heteroatoms. The molecule has 0 unspecified atom stereocenters. The Labute approximate surface area is 156 Å². The van der Waals surface area contributed by atoms with E-state index in [2.05, 4.69) is 14.9 Å². The highest BCUT2D eigenvalue weighted by molar-refractivity contribution is 5.95. The van der Waals surface area contributed by atoms with Crippen molar-refractivity contribution in [2.45, 2.75) is 6.54 Å². The van der Waals surface area contributed by atoms with Crippen molar-refractivity contribution in [3.8, 4) is 5.75 Å². The first-order valence-corrected chi connectivity index (χ1v) is 8.81. The van der Waals surface area contributed by atoms with Crippen molar-refractivity contribution in [2.24, 2.45) is 0 Å². The van der Waals surface area contributed by atoms with Crippen LogP contribution in [0.4, 0.5) is 5.69 Å². The third kappa shape index (κ3) is 3.66. The molecule has 2 N–H and O–H groups in total. The molecule has 6 nitrogen and oxygen atoms in total. The maximum absolute atomic E-state index is 12.3. The standard InChI is InChI=1S/C21H21N3O3/c1-26-12-11-24-10-8-17-19(24)3-2-4-20(17)27-14-21(25)23-16-6-5-15-7-9-22-18(15)13-16/h2-10,13,22H,11-12,14H2,1H3,(H,23,25). The third-order valence-corrected chi connectivity index (χ3v) is 4.51. The molecule has 0 aliphatic rings. The Balaban J connectivity index is 1.43. The van der Waals surface area contributed by atoms with Gasteiger partial charge in [-0.2, -0.15) is 0 Å². The minimum Gasteiger partial charge on any atom is -0.483 e. The van der Waals surface area contributed by atoms with Crippen LogP contribution in [-0.2, 0) is 16.1 Å². The first-order valence-electron chi connectivity index (χ1n) is 8.81. The average molecular weight is 363 g/mol. The zero-order valence-electron chi connectivity index (χ0n) is 15.1. The molecule has 0 bridgehead atoms. The lowest BCUT2D eigenvalue weighted by molar-refractivity contribution is -0.118. The van der Waals surface area contributed by atoms with E-state index in [0.29, 0.717) is 12.4 Å². The number of fused-ring (bicyclic) bond motifs is 2. The molecule has 2 heterocycles. The van der Waals surface area contributed by atoms with Gasteiger partial charge in [0.2, 0.25) is 0 Å². The molecule has 138 valence electrons. The number of benzene rings is 2. The second-order valence-corrected chi connectivity index (χ2v) is 6.31. The van der Waals surface area contributed by atoms with Crippen LogP contribution in [-0.4, -0.2) is 35.8 Å². The molecule has 0 saturated carbocycles. The second-order valence-electron chi connectivity index (χ2n) is 6.31. The molecule has 0 aliphatic heterocycles. The van der Waals surface area contributed by atoms with Gasteiger partial charge in [0, 0.05) is 42.6 Å². The van der Waals surface area contributed by atoms with Crippen molar-refractivity contribution < 1.29 is 14.3 Å². The number of amides is 1. The van der Waals surface area contributed by atoms with E-state index in [1.165, 1.54) is 0 Å². The summed E-state index contributed by atoms with van der Waals surface area (Å²) in [5.41, 5.74) is 2.78. The molecular formula is C21H21N3O3. The third-order valence-electron chi connectivity index (χ3n) is 4.51. The fourth-order valence-electron chi connectivity index (χ4n) is 3.17. The largest absolute Gasteiger partial charge is 0.483 e. The molecule has 0 fully saturated rings. The molecule has 0 atom stereocenters. The summed E-state index contributed by atoms with van der Waals surface area (Å²) in [5, 5.41) is 4.96. The smallest absolute Gasteiger partial charge is 0.262 e. The van der Waals surface area contributed by atoms with Crippen LogP contribution in [0.2, 0.25) is 0 Å². The molecule has 4 aromatic rings. The number of methoxy groups -OCH3 is 1. The van der Waals surface area contributed by atoms with Crippen LogP contribution in [0.25, 0.3) is 21.8 Å². The number of hydrogen-bond acceptors (Lipinski definition) is 3. The van der Waals surface area contributed by atoms with Gasteiger partial charge in [0.1, 0.15) is 5.75 Å². The van der Waals surface area contributed by atoms with Gasteiger partial charge in [-0.3, -0.25) is 4.79 Å². The van der Waals surface area contributed by atoms with Crippen LogP contribution in [0, 0.1) is 0 Å². The fraction of sp³-hybridized carbons (Fsp3) is 0.190. The molecular weight excluding hydrogens is 342 g/mol. The number of ether oxygens (including phenoxy) is 2. The van der Waals surface area contributed by atoms with Crippen molar-refractivity contribution >= 4 is 33.4 Å². The minimum absolute atomic E-state index is 0.0505. The molecule has 1 amide bonds. The lowest BCUT2D eigenvalue weighted by Gasteiger charge is -2.10. The fourth-order valence-corrected chi connectivity index (χ4v) is 3.17. The van der Waals surface area contributed by atoms with Gasteiger partial charge in [0.15, 0.2) is 6.61 Å². The molecule has 4 rings (SSSR count). The van der Waals surface area contributed by atoms with Crippen LogP contribution in [0.3, 0.4) is 0 Å². The number of nitrogens with one attached hydrogen (secondary N) is 2. The van der Waals surface area contributed by atoms with Crippen molar-refractivity contribution in [3.05, 3.63) is 60.9 Å². The Morgan fingerprint density at radius 1 is 1.19 bits per heavy atom. The number of aromatic nitrogens is 2. The van der Waals surface area contributed by atoms with Gasteiger partial charge in [0.05, 0.1) is 12.1 Å². The number of rotatable bonds is 7. The van der Waals surface area contributed by atoms with Crippen molar-refractivity contribution in [3.63, 3.8) is 0 Å². The van der Waals surface area contributed by atoms with E-state index in [4.69, 9.17) is 9.47 Å². The predicted octanol–water partition coefficient (Wildman–Crippen LogP) is 3.79. The number of carbonyl (C=O) groups excluding carboxylic acids is 1. The Bertz CT molecular complexity index is 1080. The molecule has 0 radical (unpaired) electrons. The Hall–Kier alpha value is -3.25. The van der Waals surface area contributed by atoms with Gasteiger partial charge in [-0.1, -0.05) is 12.1 Å². The number of anilines is 1. The summed E-state index contributed by atoms with van der Waals surface area (Å²) in [6.45, 7) is 1.36. The highest BCUT2D eigenvalue weighted by atomic mass is 16.5.